The molecule has 50 heavy (non-hydrogen) atoms. The number of carbonyl (C=O) groups is 3. The van der Waals surface area contributed by atoms with Gasteiger partial charge in [0.1, 0.15) is 23.3 Å². The molecule has 3 aliphatic rings. The zero-order chi connectivity index (χ0) is 36.6. The van der Waals surface area contributed by atoms with Crippen molar-refractivity contribution in [2.45, 2.75) is 101 Å². The number of nitrogen functional groups attached to an aromatic ring is 1. The molecular weight excluding hydrogens is 697 g/mol. The fourth-order valence-corrected chi connectivity index (χ4v) is 7.09. The molecular formula is C30H40N8O10S2. The van der Waals surface area contributed by atoms with E-state index in [4.69, 9.17) is 31.0 Å². The number of carboxylic acid groups (broad SMARTS) is 1. The van der Waals surface area contributed by atoms with Crippen LogP contribution in [0.2, 0.25) is 0 Å². The van der Waals surface area contributed by atoms with Gasteiger partial charge in [0.15, 0.2) is 16.9 Å². The molecule has 2 amide bonds. The number of rotatable bonds is 11. The van der Waals surface area contributed by atoms with Crippen molar-refractivity contribution in [3.05, 3.63) is 40.4 Å². The number of hydroxylamine groups is 2. The Morgan fingerprint density at radius 3 is 2.60 bits per heavy atom. The highest BCUT2D eigenvalue weighted by Gasteiger charge is 2.58. The number of nitrogens with one attached hydrogen (secondary N) is 3. The first-order chi connectivity index (χ1) is 23.4. The minimum Gasteiger partial charge on any atom is -0.485 e. The maximum absolute atomic E-state index is 13.5. The van der Waals surface area contributed by atoms with Crippen molar-refractivity contribution in [3.63, 3.8) is 0 Å². The maximum atomic E-state index is 13.5. The number of fused-ring (bicyclic) bond motifs is 1. The summed E-state index contributed by atoms with van der Waals surface area (Å²) in [6.07, 6.45) is 4.20. The third kappa shape index (κ3) is 7.83. The van der Waals surface area contributed by atoms with E-state index in [-0.39, 0.29) is 35.2 Å². The van der Waals surface area contributed by atoms with Crippen LogP contribution < -0.4 is 26.8 Å². The van der Waals surface area contributed by atoms with Gasteiger partial charge in [-0.15, -0.1) is 15.6 Å². The van der Waals surface area contributed by atoms with E-state index in [1.54, 1.807) is 12.1 Å². The number of anilines is 1. The summed E-state index contributed by atoms with van der Waals surface area (Å²) in [5.74, 6) is -2.77. The third-order valence-electron chi connectivity index (χ3n) is 9.12. The summed E-state index contributed by atoms with van der Waals surface area (Å²) in [7, 11) is -5.03. The fourth-order valence-electron chi connectivity index (χ4n) is 6.09. The standard InChI is InChI=1S/C30H40N8O10S2/c1-29(2)23(26(40)38(29)48-50(43,44)45)36-25(39)22(19-14-49-28(33)35-19)37-47-30(3,27(41)42)21-12-8-15-13-16(7-11-20(15)46-21)24(32)34-18-6-4-5-17(31)9-10-18/h7,11,13-14,17-18,21,23H,4-6,8-10,12,31H2,1-3H3,(H2,32,34)(H2,33,35)(H,36,39)(H,41,42)(H,43,44,45)/t17-,18+,21?,23?,30?/m0/s1. The Labute approximate surface area is 291 Å². The Kier molecular flexibility index (Phi) is 10.4. The van der Waals surface area contributed by atoms with Gasteiger partial charge in [-0.25, -0.2) is 9.78 Å². The molecule has 1 aromatic carbocycles. The number of aryl methyl sites for hydroxylation is 1. The predicted molar refractivity (Wildman–Crippen MR) is 180 cm³/mol. The number of oxime groups is 1. The van der Waals surface area contributed by atoms with Crippen molar-refractivity contribution in [3.8, 4) is 5.75 Å². The van der Waals surface area contributed by atoms with Crippen LogP contribution in [0.3, 0.4) is 0 Å². The van der Waals surface area contributed by atoms with Crippen LogP contribution in [-0.2, 0) is 40.3 Å². The lowest BCUT2D eigenvalue weighted by Gasteiger charge is -2.50. The van der Waals surface area contributed by atoms with Crippen LogP contribution in [0.15, 0.2) is 28.7 Å². The quantitative estimate of drug-likeness (QED) is 0.0425. The Morgan fingerprint density at radius 2 is 1.96 bits per heavy atom. The van der Waals surface area contributed by atoms with E-state index < -0.39 is 57.2 Å². The highest BCUT2D eigenvalue weighted by molar-refractivity contribution is 7.80. The van der Waals surface area contributed by atoms with Gasteiger partial charge in [0.05, 0.1) is 5.54 Å². The summed E-state index contributed by atoms with van der Waals surface area (Å²) in [6, 6.07) is 4.22. The second-order valence-corrected chi connectivity index (χ2v) is 15.1. The molecule has 1 aromatic heterocycles. The molecule has 18 nitrogen and oxygen atoms in total. The summed E-state index contributed by atoms with van der Waals surface area (Å²) in [6.45, 7) is 3.99. The first-order valence-corrected chi connectivity index (χ1v) is 18.1. The molecule has 3 unspecified atom stereocenters. The number of aromatic nitrogens is 1. The number of β-lactam (4-membered cyclic amide) rings is 1. The molecule has 0 spiro atoms. The number of nitrogens with two attached hydrogens (primary N) is 2. The van der Waals surface area contributed by atoms with Crippen LogP contribution in [0.5, 0.6) is 5.75 Å². The second kappa shape index (κ2) is 14.1. The lowest BCUT2D eigenvalue weighted by atomic mass is 9.84. The molecule has 272 valence electrons. The van der Waals surface area contributed by atoms with Crippen LogP contribution >= 0.6 is 11.3 Å². The molecule has 5 rings (SSSR count). The first-order valence-electron chi connectivity index (χ1n) is 15.8. The summed E-state index contributed by atoms with van der Waals surface area (Å²) < 4.78 is 41.8. The summed E-state index contributed by atoms with van der Waals surface area (Å²) in [5.41, 5.74) is 9.14. The smallest absolute Gasteiger partial charge is 0.418 e. The number of ether oxygens (including phenoxy) is 1. The van der Waals surface area contributed by atoms with E-state index >= 15 is 0 Å². The number of carboxylic acids is 1. The van der Waals surface area contributed by atoms with Crippen molar-refractivity contribution in [1.29, 1.82) is 5.41 Å². The lowest BCUT2D eigenvalue weighted by Crippen LogP contribution is -2.76. The van der Waals surface area contributed by atoms with Gasteiger partial charge < -0.3 is 36.8 Å². The van der Waals surface area contributed by atoms with Gasteiger partial charge in [-0.2, -0.15) is 13.5 Å². The number of hydrogen-bond acceptors (Lipinski definition) is 14. The van der Waals surface area contributed by atoms with E-state index in [0.717, 1.165) is 49.0 Å². The average Bonchev–Trinajstić information content (AvgIpc) is 3.38. The van der Waals surface area contributed by atoms with Crippen molar-refractivity contribution in [1.82, 2.24) is 20.7 Å². The molecule has 1 aliphatic carbocycles. The zero-order valence-corrected chi connectivity index (χ0v) is 29.2. The van der Waals surface area contributed by atoms with E-state index in [9.17, 15) is 27.9 Å². The van der Waals surface area contributed by atoms with Gasteiger partial charge in [-0.3, -0.25) is 19.6 Å². The molecule has 0 bridgehead atoms. The van der Waals surface area contributed by atoms with Crippen LogP contribution in [0.4, 0.5) is 5.13 Å². The summed E-state index contributed by atoms with van der Waals surface area (Å²) in [4.78, 5) is 48.4. The summed E-state index contributed by atoms with van der Waals surface area (Å²) >= 11 is 0.964. The number of carbonyl (C=O) groups excluding carboxylic acids is 2. The topological polar surface area (TPSA) is 282 Å². The average molecular weight is 737 g/mol. The fraction of sp³-hybridized carbons (Fsp3) is 0.533. The van der Waals surface area contributed by atoms with E-state index in [1.807, 2.05) is 6.07 Å². The zero-order valence-electron chi connectivity index (χ0n) is 27.5. The van der Waals surface area contributed by atoms with Crippen molar-refractivity contribution < 1.29 is 46.3 Å². The third-order valence-corrected chi connectivity index (χ3v) is 10.1. The Hall–Kier alpha value is -4.37. The van der Waals surface area contributed by atoms with Crippen LogP contribution in [0, 0.1) is 5.41 Å². The largest absolute Gasteiger partial charge is 0.485 e. The molecule has 20 heteroatoms. The summed E-state index contributed by atoms with van der Waals surface area (Å²) in [5, 5.41) is 30.4. The van der Waals surface area contributed by atoms with Gasteiger partial charge in [0.2, 0.25) is 0 Å². The van der Waals surface area contributed by atoms with Crippen molar-refractivity contribution in [2.24, 2.45) is 10.9 Å². The number of aliphatic carboxylic acids is 1. The number of amides is 2. The first kappa shape index (κ1) is 36.9. The molecule has 2 fully saturated rings. The van der Waals surface area contributed by atoms with Gasteiger partial charge >= 0.3 is 16.4 Å². The number of nitrogens with zero attached hydrogens (tertiary/aromatic N) is 3. The molecule has 1 saturated heterocycles. The van der Waals surface area contributed by atoms with Crippen molar-refractivity contribution in [2.75, 3.05) is 5.73 Å². The number of benzene rings is 1. The minimum atomic E-state index is -5.03. The van der Waals surface area contributed by atoms with Crippen LogP contribution in [0.1, 0.15) is 76.1 Å². The SMILES string of the molecule is CC(ON=C(C(=O)NC1C(=O)N(OS(=O)(=O)O)C1(C)C)c1csc(N)n1)(C(=O)O)C1CCc2cc(C(=N)N[C@@H]3CCC[C@H](N)CC3)ccc2O1. The molecule has 2 aliphatic heterocycles. The molecule has 9 N–H and O–H groups in total. The molecule has 2 aromatic rings. The van der Waals surface area contributed by atoms with Gasteiger partial charge in [0.25, 0.3) is 17.4 Å². The van der Waals surface area contributed by atoms with E-state index in [2.05, 4.69) is 25.1 Å². The van der Waals surface area contributed by atoms with Gasteiger partial charge in [0, 0.05) is 23.0 Å². The normalized spacial score (nSPS) is 24.8. The minimum absolute atomic E-state index is 0.0579. The molecule has 3 heterocycles. The van der Waals surface area contributed by atoms with Gasteiger partial charge in [-0.1, -0.05) is 5.16 Å². The van der Waals surface area contributed by atoms with E-state index in [1.165, 1.54) is 26.2 Å². The monoisotopic (exact) mass is 736 g/mol. The number of thiazole rings is 1. The lowest BCUT2D eigenvalue weighted by molar-refractivity contribution is -0.218. The molecule has 0 radical (unpaired) electrons. The second-order valence-electron chi connectivity index (χ2n) is 13.2. The van der Waals surface area contributed by atoms with Crippen LogP contribution in [0.25, 0.3) is 0 Å². The van der Waals surface area contributed by atoms with Crippen molar-refractivity contribution >= 4 is 56.2 Å². The Bertz CT molecular complexity index is 1820. The van der Waals surface area contributed by atoms with E-state index in [0.29, 0.717) is 22.8 Å². The molecule has 1 saturated carbocycles. The van der Waals surface area contributed by atoms with Gasteiger partial charge in [-0.05, 0) is 89.5 Å². The Morgan fingerprint density at radius 1 is 1.22 bits per heavy atom. The highest BCUT2D eigenvalue weighted by atomic mass is 32.3. The predicted octanol–water partition coefficient (Wildman–Crippen LogP) is 1.10. The Balaban J connectivity index is 1.32. The highest BCUT2D eigenvalue weighted by Crippen LogP contribution is 2.35. The molecule has 5 atom stereocenters. The van der Waals surface area contributed by atoms with Crippen LogP contribution in [-0.4, -0.2) is 92.8 Å². The number of amidine groups is 1. The number of hydrogen-bond donors (Lipinski definition) is 7. The maximum Gasteiger partial charge on any atom is 0.418 e.